The van der Waals surface area contributed by atoms with Crippen LogP contribution in [-0.4, -0.2) is 15.3 Å². The third-order valence-electron chi connectivity index (χ3n) is 2.40. The van der Waals surface area contributed by atoms with Crippen LogP contribution in [0.2, 0.25) is 0 Å². The van der Waals surface area contributed by atoms with Crippen molar-refractivity contribution >= 4 is 36.0 Å². The molecule has 1 atom stereocenters. The van der Waals surface area contributed by atoms with Gasteiger partial charge in [0.1, 0.15) is 4.20 Å². The fourth-order valence-electron chi connectivity index (χ4n) is 1.67. The van der Waals surface area contributed by atoms with Crippen LogP contribution in [0.5, 0.6) is 0 Å². The van der Waals surface area contributed by atoms with Crippen molar-refractivity contribution in [1.82, 2.24) is 0 Å². The van der Waals surface area contributed by atoms with Crippen LogP contribution in [0, 0.1) is 0 Å². The number of carbonyl (C=O) groups is 1. The Balaban J connectivity index is 1.95. The van der Waals surface area contributed by atoms with Crippen LogP contribution in [0.15, 0.2) is 29.2 Å². The minimum absolute atomic E-state index is 0.195. The number of anilines is 1. The van der Waals surface area contributed by atoms with E-state index in [1.807, 2.05) is 24.3 Å². The zero-order chi connectivity index (χ0) is 11.6. The van der Waals surface area contributed by atoms with E-state index in [0.717, 1.165) is 12.1 Å². The lowest BCUT2D eigenvalue weighted by Crippen LogP contribution is -2.23. The number of nitrogens with one attached hydrogen (secondary N) is 1. The highest BCUT2D eigenvalue weighted by atomic mass is 32.2. The van der Waals surface area contributed by atoms with Gasteiger partial charge in [0.2, 0.25) is 0 Å². The molecule has 1 aliphatic heterocycles. The minimum Gasteiger partial charge on any atom is -0.481 e. The molecule has 0 saturated heterocycles. The van der Waals surface area contributed by atoms with Crippen molar-refractivity contribution in [3.63, 3.8) is 0 Å². The first-order valence-electron chi connectivity index (χ1n) is 5.09. The summed E-state index contributed by atoms with van der Waals surface area (Å²) in [4.78, 5) is 11.6. The Morgan fingerprint density at radius 1 is 1.50 bits per heavy atom. The van der Waals surface area contributed by atoms with E-state index in [9.17, 15) is 4.79 Å². The molecule has 3 nitrogen and oxygen atoms in total. The van der Waals surface area contributed by atoms with Crippen LogP contribution < -0.4 is 5.32 Å². The van der Waals surface area contributed by atoms with Crippen molar-refractivity contribution in [3.05, 3.63) is 24.3 Å². The first kappa shape index (κ1) is 11.7. The molecule has 16 heavy (non-hydrogen) atoms. The molecule has 0 spiro atoms. The van der Waals surface area contributed by atoms with Crippen LogP contribution in [0.3, 0.4) is 0 Å². The van der Waals surface area contributed by atoms with E-state index in [2.05, 4.69) is 17.9 Å². The number of para-hydroxylation sites is 1. The summed E-state index contributed by atoms with van der Waals surface area (Å²) in [6.07, 6.45) is 1.55. The van der Waals surface area contributed by atoms with Gasteiger partial charge in [0, 0.05) is 17.0 Å². The number of aliphatic carboxylic acids is 1. The molecule has 0 amide bonds. The molecule has 1 aromatic carbocycles. The Labute approximate surface area is 104 Å². The SMILES string of the molecule is O=C(O)CCCC1(S)Nc2ccccc2S1. The van der Waals surface area contributed by atoms with Crippen molar-refractivity contribution < 1.29 is 9.90 Å². The molecule has 1 aromatic rings. The van der Waals surface area contributed by atoms with Crippen molar-refractivity contribution in [2.24, 2.45) is 0 Å². The zero-order valence-electron chi connectivity index (χ0n) is 8.64. The summed E-state index contributed by atoms with van der Waals surface area (Å²) in [5, 5.41) is 11.9. The molecular weight excluding hydrogens is 242 g/mol. The van der Waals surface area contributed by atoms with Crippen molar-refractivity contribution in [2.45, 2.75) is 28.4 Å². The predicted octanol–water partition coefficient (Wildman–Crippen LogP) is 3.04. The number of carboxylic acid groups (broad SMARTS) is 1. The Bertz CT molecular complexity index is 384. The molecule has 1 unspecified atom stereocenters. The summed E-state index contributed by atoms with van der Waals surface area (Å²) in [6.45, 7) is 0. The van der Waals surface area contributed by atoms with E-state index in [0.29, 0.717) is 6.42 Å². The lowest BCUT2D eigenvalue weighted by Gasteiger charge is -2.22. The Morgan fingerprint density at radius 2 is 2.25 bits per heavy atom. The van der Waals surface area contributed by atoms with Gasteiger partial charge >= 0.3 is 5.97 Å². The van der Waals surface area contributed by atoms with Gasteiger partial charge < -0.3 is 10.4 Å². The third-order valence-corrected chi connectivity index (χ3v) is 4.23. The second-order valence-corrected chi connectivity index (χ2v) is 6.16. The van der Waals surface area contributed by atoms with Gasteiger partial charge in [-0.1, -0.05) is 23.9 Å². The smallest absolute Gasteiger partial charge is 0.303 e. The normalized spacial score (nSPS) is 22.6. The summed E-state index contributed by atoms with van der Waals surface area (Å²) in [6, 6.07) is 8.02. The average molecular weight is 255 g/mol. The standard InChI is InChI=1S/C11H13NO2S2/c13-10(14)6-3-7-11(15)12-8-4-1-2-5-9(8)16-11/h1-2,4-5,12,15H,3,6-7H2,(H,13,14). The molecule has 0 aromatic heterocycles. The Morgan fingerprint density at radius 3 is 2.94 bits per heavy atom. The molecule has 0 saturated carbocycles. The van der Waals surface area contributed by atoms with Crippen molar-refractivity contribution in [2.75, 3.05) is 5.32 Å². The summed E-state index contributed by atoms with van der Waals surface area (Å²) in [5.41, 5.74) is 1.08. The molecule has 0 radical (unpaired) electrons. The first-order valence-corrected chi connectivity index (χ1v) is 6.36. The molecule has 2 N–H and O–H groups in total. The molecule has 1 heterocycles. The van der Waals surface area contributed by atoms with Crippen molar-refractivity contribution in [1.29, 1.82) is 0 Å². The van der Waals surface area contributed by atoms with Crippen LogP contribution in [0.1, 0.15) is 19.3 Å². The highest BCUT2D eigenvalue weighted by Crippen LogP contribution is 2.49. The molecule has 2 rings (SSSR count). The van der Waals surface area contributed by atoms with Gasteiger partial charge in [-0.25, -0.2) is 0 Å². The summed E-state index contributed by atoms with van der Waals surface area (Å²) in [7, 11) is 0. The maximum absolute atomic E-state index is 10.4. The maximum Gasteiger partial charge on any atom is 0.303 e. The number of benzene rings is 1. The number of carboxylic acids is 1. The van der Waals surface area contributed by atoms with Crippen molar-refractivity contribution in [3.8, 4) is 0 Å². The highest BCUT2D eigenvalue weighted by molar-refractivity contribution is 8.12. The van der Waals surface area contributed by atoms with E-state index in [4.69, 9.17) is 5.11 Å². The quantitative estimate of drug-likeness (QED) is 0.724. The van der Waals surface area contributed by atoms with E-state index >= 15 is 0 Å². The predicted molar refractivity (Wildman–Crippen MR) is 69.1 cm³/mol. The first-order chi connectivity index (χ1) is 7.59. The Kier molecular flexibility index (Phi) is 3.35. The molecule has 86 valence electrons. The maximum atomic E-state index is 10.4. The van der Waals surface area contributed by atoms with E-state index in [1.165, 1.54) is 4.90 Å². The average Bonchev–Trinajstić information content (AvgIpc) is 2.53. The summed E-state index contributed by atoms with van der Waals surface area (Å²) < 4.78 is -0.362. The topological polar surface area (TPSA) is 49.3 Å². The number of fused-ring (bicyclic) bond motifs is 1. The number of rotatable bonds is 4. The van der Waals surface area contributed by atoms with E-state index in [-0.39, 0.29) is 10.6 Å². The van der Waals surface area contributed by atoms with Gasteiger partial charge in [0.15, 0.2) is 0 Å². The molecule has 1 aliphatic rings. The van der Waals surface area contributed by atoms with Crippen LogP contribution in [0.25, 0.3) is 0 Å². The lowest BCUT2D eigenvalue weighted by molar-refractivity contribution is -0.137. The summed E-state index contributed by atoms with van der Waals surface area (Å²) in [5.74, 6) is -0.752. The number of thiol groups is 1. The second-order valence-electron chi connectivity index (χ2n) is 3.75. The number of hydrogen-bond donors (Lipinski definition) is 3. The Hall–Kier alpha value is -0.810. The fraction of sp³-hybridized carbons (Fsp3) is 0.364. The van der Waals surface area contributed by atoms with Gasteiger partial charge in [-0.15, -0.1) is 12.6 Å². The summed E-state index contributed by atoms with van der Waals surface area (Å²) >= 11 is 6.24. The highest BCUT2D eigenvalue weighted by Gasteiger charge is 2.33. The van der Waals surface area contributed by atoms with Crippen LogP contribution in [-0.2, 0) is 4.79 Å². The molecule has 0 bridgehead atoms. The number of thioether (sulfide) groups is 1. The van der Waals surface area contributed by atoms with Gasteiger partial charge in [-0.2, -0.15) is 0 Å². The van der Waals surface area contributed by atoms with Gasteiger partial charge in [-0.3, -0.25) is 4.79 Å². The van der Waals surface area contributed by atoms with E-state index < -0.39 is 5.97 Å². The third kappa shape index (κ3) is 2.65. The van der Waals surface area contributed by atoms with Gasteiger partial charge in [-0.05, 0) is 25.0 Å². The zero-order valence-corrected chi connectivity index (χ0v) is 10.4. The number of hydrogen-bond acceptors (Lipinski definition) is 4. The molecule has 0 aliphatic carbocycles. The molecule has 5 heteroatoms. The van der Waals surface area contributed by atoms with E-state index in [1.54, 1.807) is 11.8 Å². The minimum atomic E-state index is -0.752. The lowest BCUT2D eigenvalue weighted by atomic mass is 10.2. The molecule has 0 fully saturated rings. The van der Waals surface area contributed by atoms with Crippen LogP contribution >= 0.6 is 24.4 Å². The molecular formula is C11H13NO2S2. The largest absolute Gasteiger partial charge is 0.481 e. The van der Waals surface area contributed by atoms with Gasteiger partial charge in [0.25, 0.3) is 0 Å². The second kappa shape index (κ2) is 4.59. The fourth-order valence-corrected chi connectivity index (χ4v) is 3.39. The van der Waals surface area contributed by atoms with Crippen LogP contribution in [0.4, 0.5) is 5.69 Å². The monoisotopic (exact) mass is 255 g/mol. The van der Waals surface area contributed by atoms with Gasteiger partial charge in [0.05, 0.1) is 0 Å².